The third kappa shape index (κ3) is 1.72. The lowest BCUT2D eigenvalue weighted by molar-refractivity contribution is 0.563. The van der Waals surface area contributed by atoms with E-state index in [4.69, 9.17) is 16.9 Å². The van der Waals surface area contributed by atoms with Crippen molar-refractivity contribution in [3.63, 3.8) is 0 Å². The van der Waals surface area contributed by atoms with E-state index in [-0.39, 0.29) is 5.56 Å². The molecule has 1 atom stereocenters. The molecule has 62 valence electrons. The van der Waals surface area contributed by atoms with Crippen molar-refractivity contribution >= 4 is 11.6 Å². The third-order valence-corrected chi connectivity index (χ3v) is 1.70. The van der Waals surface area contributed by atoms with Gasteiger partial charge in [0.15, 0.2) is 0 Å². The van der Waals surface area contributed by atoms with Crippen molar-refractivity contribution in [1.29, 1.82) is 5.26 Å². The molecule has 12 heavy (non-hydrogen) atoms. The number of pyridine rings is 1. The summed E-state index contributed by atoms with van der Waals surface area (Å²) in [5.41, 5.74) is 0.241. The Morgan fingerprint density at radius 3 is 3.00 bits per heavy atom. The number of nitrogens with zero attached hydrogens (tertiary/aromatic N) is 2. The van der Waals surface area contributed by atoms with Crippen LogP contribution in [0.4, 0.5) is 4.39 Å². The molecular formula is C8H6ClFN2. The van der Waals surface area contributed by atoms with Crippen molar-refractivity contribution in [2.45, 2.75) is 12.8 Å². The van der Waals surface area contributed by atoms with Gasteiger partial charge in [-0.15, -0.1) is 0 Å². The van der Waals surface area contributed by atoms with Gasteiger partial charge in [0, 0.05) is 11.8 Å². The predicted molar refractivity (Wildman–Crippen MR) is 43.2 cm³/mol. The Morgan fingerprint density at radius 1 is 1.75 bits per heavy atom. The molecule has 0 aliphatic rings. The Kier molecular flexibility index (Phi) is 2.61. The average molecular weight is 185 g/mol. The van der Waals surface area contributed by atoms with Crippen LogP contribution >= 0.6 is 11.6 Å². The largest absolute Gasteiger partial charge is 0.226 e. The van der Waals surface area contributed by atoms with Crippen LogP contribution in [-0.2, 0) is 0 Å². The Labute approximate surface area is 74.6 Å². The van der Waals surface area contributed by atoms with Gasteiger partial charge in [0.2, 0.25) is 5.95 Å². The van der Waals surface area contributed by atoms with E-state index in [1.54, 1.807) is 6.92 Å². The van der Waals surface area contributed by atoms with Gasteiger partial charge in [-0.3, -0.25) is 0 Å². The molecule has 1 heterocycles. The number of hydrogen-bond acceptors (Lipinski definition) is 2. The minimum atomic E-state index is -0.631. The van der Waals surface area contributed by atoms with Crippen LogP contribution in [0.3, 0.4) is 0 Å². The molecule has 0 aliphatic heterocycles. The van der Waals surface area contributed by atoms with Gasteiger partial charge in [-0.05, 0) is 13.0 Å². The summed E-state index contributed by atoms with van der Waals surface area (Å²) < 4.78 is 12.9. The lowest BCUT2D eigenvalue weighted by Gasteiger charge is -2.02. The maximum absolute atomic E-state index is 12.9. The van der Waals surface area contributed by atoms with Crippen molar-refractivity contribution in [2.75, 3.05) is 0 Å². The number of aromatic nitrogens is 1. The Bertz CT molecular complexity index is 332. The summed E-state index contributed by atoms with van der Waals surface area (Å²) in [6.45, 7) is 1.59. The molecule has 2 nitrogen and oxygen atoms in total. The van der Waals surface area contributed by atoms with Crippen LogP contribution in [0.1, 0.15) is 18.4 Å². The lowest BCUT2D eigenvalue weighted by Crippen LogP contribution is -1.96. The summed E-state index contributed by atoms with van der Waals surface area (Å²) in [6, 6.07) is 3.33. The molecule has 0 amide bonds. The van der Waals surface area contributed by atoms with Crippen molar-refractivity contribution in [3.8, 4) is 6.07 Å². The molecule has 0 aliphatic carbocycles. The zero-order valence-corrected chi connectivity index (χ0v) is 7.14. The molecule has 1 aromatic rings. The van der Waals surface area contributed by atoms with Gasteiger partial charge in [-0.2, -0.15) is 9.65 Å². The van der Waals surface area contributed by atoms with Gasteiger partial charge in [0.1, 0.15) is 0 Å². The smallest absolute Gasteiger partial charge is 0.217 e. The second-order valence-electron chi connectivity index (χ2n) is 2.38. The maximum atomic E-state index is 12.9. The second-order valence-corrected chi connectivity index (χ2v) is 2.82. The third-order valence-electron chi connectivity index (χ3n) is 1.49. The van der Waals surface area contributed by atoms with E-state index in [1.807, 2.05) is 6.07 Å². The van der Waals surface area contributed by atoms with Crippen LogP contribution in [0.2, 0.25) is 5.02 Å². The van der Waals surface area contributed by atoms with Crippen molar-refractivity contribution in [3.05, 3.63) is 28.8 Å². The van der Waals surface area contributed by atoms with Gasteiger partial charge in [0.25, 0.3) is 0 Å². The summed E-state index contributed by atoms with van der Waals surface area (Å²) in [5.74, 6) is -1.15. The van der Waals surface area contributed by atoms with Gasteiger partial charge in [0.05, 0.1) is 17.0 Å². The number of rotatable bonds is 1. The first-order valence-electron chi connectivity index (χ1n) is 3.35. The molecule has 0 saturated carbocycles. The standard InChI is InChI=1S/C8H6ClFN2/c1-5(3-11)7-2-6(9)4-12-8(7)10/h2,4-5H,1H3. The van der Waals surface area contributed by atoms with Crippen molar-refractivity contribution in [1.82, 2.24) is 4.98 Å². The van der Waals surface area contributed by atoms with Crippen LogP contribution in [0, 0.1) is 17.3 Å². The average Bonchev–Trinajstić information content (AvgIpc) is 2.08. The fourth-order valence-corrected chi connectivity index (χ4v) is 0.978. The van der Waals surface area contributed by atoms with E-state index in [0.29, 0.717) is 5.02 Å². The van der Waals surface area contributed by atoms with Crippen molar-refractivity contribution in [2.24, 2.45) is 0 Å². The van der Waals surface area contributed by atoms with Crippen LogP contribution < -0.4 is 0 Å². The van der Waals surface area contributed by atoms with Gasteiger partial charge in [-0.25, -0.2) is 4.98 Å². The monoisotopic (exact) mass is 184 g/mol. The van der Waals surface area contributed by atoms with Crippen LogP contribution in [0.5, 0.6) is 0 Å². The summed E-state index contributed by atoms with van der Waals surface area (Å²) in [5, 5.41) is 8.86. The molecule has 0 saturated heterocycles. The molecule has 0 aromatic carbocycles. The molecule has 0 radical (unpaired) electrons. The van der Waals surface area contributed by atoms with E-state index in [1.165, 1.54) is 12.3 Å². The quantitative estimate of drug-likeness (QED) is 0.629. The minimum Gasteiger partial charge on any atom is -0.226 e. The molecule has 0 bridgehead atoms. The highest BCUT2D eigenvalue weighted by molar-refractivity contribution is 6.30. The highest BCUT2D eigenvalue weighted by atomic mass is 35.5. The zero-order valence-electron chi connectivity index (χ0n) is 6.38. The molecule has 0 N–H and O–H groups in total. The lowest BCUT2D eigenvalue weighted by atomic mass is 10.1. The molecule has 1 aromatic heterocycles. The van der Waals surface area contributed by atoms with E-state index in [0.717, 1.165) is 0 Å². The second kappa shape index (κ2) is 3.51. The fraction of sp³-hybridized carbons (Fsp3) is 0.250. The Morgan fingerprint density at radius 2 is 2.42 bits per heavy atom. The van der Waals surface area contributed by atoms with Crippen LogP contribution in [0.25, 0.3) is 0 Å². The molecule has 0 spiro atoms. The van der Waals surface area contributed by atoms with E-state index >= 15 is 0 Å². The predicted octanol–water partition coefficient (Wildman–Crippen LogP) is 2.50. The van der Waals surface area contributed by atoms with E-state index in [9.17, 15) is 4.39 Å². The SMILES string of the molecule is CC(C#N)c1cc(Cl)cnc1F. The van der Waals surface area contributed by atoms with Crippen molar-refractivity contribution < 1.29 is 4.39 Å². The van der Waals surface area contributed by atoms with Gasteiger partial charge < -0.3 is 0 Å². The fourth-order valence-electron chi connectivity index (χ4n) is 0.811. The first-order chi connectivity index (χ1) is 5.65. The summed E-state index contributed by atoms with van der Waals surface area (Å²) in [6.07, 6.45) is 1.21. The van der Waals surface area contributed by atoms with E-state index in [2.05, 4.69) is 4.98 Å². The molecule has 4 heteroatoms. The highest BCUT2D eigenvalue weighted by Gasteiger charge is 2.11. The van der Waals surface area contributed by atoms with E-state index < -0.39 is 11.9 Å². The summed E-state index contributed by atoms with van der Waals surface area (Å²) >= 11 is 5.58. The normalized spacial score (nSPS) is 12.2. The topological polar surface area (TPSA) is 36.7 Å². The number of halogens is 2. The Balaban J connectivity index is 3.15. The minimum absolute atomic E-state index is 0.241. The van der Waals surface area contributed by atoms with Crippen LogP contribution in [-0.4, -0.2) is 4.98 Å². The zero-order chi connectivity index (χ0) is 9.14. The molecular weight excluding hydrogens is 179 g/mol. The maximum Gasteiger partial charge on any atom is 0.217 e. The summed E-state index contributed by atoms with van der Waals surface area (Å²) in [7, 11) is 0. The molecule has 0 fully saturated rings. The summed E-state index contributed by atoms with van der Waals surface area (Å²) in [4.78, 5) is 3.40. The first kappa shape index (κ1) is 8.95. The highest BCUT2D eigenvalue weighted by Crippen LogP contribution is 2.19. The van der Waals surface area contributed by atoms with Gasteiger partial charge in [-0.1, -0.05) is 11.6 Å². The molecule has 1 unspecified atom stereocenters. The number of hydrogen-bond donors (Lipinski definition) is 0. The number of nitriles is 1. The van der Waals surface area contributed by atoms with Crippen LogP contribution in [0.15, 0.2) is 12.3 Å². The Hall–Kier alpha value is -1.14. The molecule has 1 rings (SSSR count). The first-order valence-corrected chi connectivity index (χ1v) is 3.73. The van der Waals surface area contributed by atoms with Gasteiger partial charge >= 0.3 is 0 Å².